The minimum absolute atomic E-state index is 0. The SMILES string of the molecule is O=C(O)c1nc2cc(Cl)ccc2s1.[H-].[Na+]. The number of nitrogens with zero attached hydrogens (tertiary/aromatic N) is 1. The molecule has 0 aliphatic heterocycles. The molecule has 0 fully saturated rings. The van der Waals surface area contributed by atoms with Crippen molar-refractivity contribution in [1.82, 2.24) is 4.98 Å². The number of carboxylic acid groups (broad SMARTS) is 1. The van der Waals surface area contributed by atoms with Gasteiger partial charge in [0.1, 0.15) is 0 Å². The van der Waals surface area contributed by atoms with Crippen LogP contribution in [0, 0.1) is 0 Å². The number of hydrogen-bond acceptors (Lipinski definition) is 3. The molecule has 1 aromatic heterocycles. The summed E-state index contributed by atoms with van der Waals surface area (Å²) >= 11 is 6.87. The smallest absolute Gasteiger partial charge is 1.00 e. The van der Waals surface area contributed by atoms with Crippen LogP contribution in [0.4, 0.5) is 0 Å². The Labute approximate surface area is 112 Å². The van der Waals surface area contributed by atoms with E-state index in [1.54, 1.807) is 18.2 Å². The van der Waals surface area contributed by atoms with Gasteiger partial charge in [0.2, 0.25) is 5.01 Å². The summed E-state index contributed by atoms with van der Waals surface area (Å²) in [6.07, 6.45) is 0. The van der Waals surface area contributed by atoms with Gasteiger partial charge in [0.25, 0.3) is 0 Å². The maximum Gasteiger partial charge on any atom is 1.00 e. The second-order valence-corrected chi connectivity index (χ2v) is 3.90. The second kappa shape index (κ2) is 4.59. The van der Waals surface area contributed by atoms with Crippen molar-refractivity contribution in [3.05, 3.63) is 28.2 Å². The third-order valence-corrected chi connectivity index (χ3v) is 2.79. The number of thiazole rings is 1. The fraction of sp³-hybridized carbons (Fsp3) is 0. The summed E-state index contributed by atoms with van der Waals surface area (Å²) in [5.41, 5.74) is 0.634. The van der Waals surface area contributed by atoms with Crippen LogP contribution >= 0.6 is 22.9 Å². The minimum atomic E-state index is -1.00. The first-order valence-electron chi connectivity index (χ1n) is 3.46. The molecule has 0 aliphatic rings. The number of aromatic nitrogens is 1. The van der Waals surface area contributed by atoms with Gasteiger partial charge in [-0.25, -0.2) is 9.78 Å². The summed E-state index contributed by atoms with van der Waals surface area (Å²) in [7, 11) is 0. The Morgan fingerprint density at radius 1 is 1.57 bits per heavy atom. The zero-order chi connectivity index (χ0) is 9.42. The molecule has 6 heteroatoms. The van der Waals surface area contributed by atoms with E-state index in [0.717, 1.165) is 16.0 Å². The maximum atomic E-state index is 10.6. The molecule has 0 spiro atoms. The van der Waals surface area contributed by atoms with Crippen molar-refractivity contribution < 1.29 is 40.9 Å². The number of rotatable bonds is 1. The van der Waals surface area contributed by atoms with Crippen LogP contribution in [0.1, 0.15) is 11.2 Å². The van der Waals surface area contributed by atoms with E-state index in [1.807, 2.05) is 0 Å². The maximum absolute atomic E-state index is 10.6. The van der Waals surface area contributed by atoms with Crippen LogP contribution in [0.5, 0.6) is 0 Å². The van der Waals surface area contributed by atoms with Crippen molar-refractivity contribution in [2.24, 2.45) is 0 Å². The largest absolute Gasteiger partial charge is 1.00 e. The molecule has 1 heterocycles. The summed E-state index contributed by atoms with van der Waals surface area (Å²) in [5, 5.41) is 9.33. The van der Waals surface area contributed by atoms with E-state index in [0.29, 0.717) is 10.5 Å². The van der Waals surface area contributed by atoms with Gasteiger partial charge in [0.15, 0.2) is 0 Å². The number of benzene rings is 1. The number of carboxylic acids is 1. The molecule has 0 saturated carbocycles. The normalized spacial score (nSPS) is 9.79. The van der Waals surface area contributed by atoms with E-state index in [-0.39, 0.29) is 36.0 Å². The molecule has 0 saturated heterocycles. The van der Waals surface area contributed by atoms with Crippen LogP contribution in [-0.2, 0) is 0 Å². The van der Waals surface area contributed by atoms with Crippen molar-refractivity contribution in [3.63, 3.8) is 0 Å². The van der Waals surface area contributed by atoms with Crippen LogP contribution in [-0.4, -0.2) is 16.1 Å². The Bertz CT molecular complexity index is 490. The van der Waals surface area contributed by atoms with Gasteiger partial charge in [-0.05, 0) is 18.2 Å². The van der Waals surface area contributed by atoms with Crippen molar-refractivity contribution in [1.29, 1.82) is 0 Å². The van der Waals surface area contributed by atoms with Crippen molar-refractivity contribution >= 4 is 39.1 Å². The van der Waals surface area contributed by atoms with Crippen LogP contribution in [0.3, 0.4) is 0 Å². The van der Waals surface area contributed by atoms with E-state index in [2.05, 4.69) is 4.98 Å². The predicted molar refractivity (Wildman–Crippen MR) is 52.7 cm³/mol. The van der Waals surface area contributed by atoms with Crippen LogP contribution in [0.25, 0.3) is 10.2 Å². The van der Waals surface area contributed by atoms with Crippen molar-refractivity contribution in [3.8, 4) is 0 Å². The first kappa shape index (κ1) is 11.9. The molecule has 0 radical (unpaired) electrons. The van der Waals surface area contributed by atoms with Crippen molar-refractivity contribution in [2.45, 2.75) is 0 Å². The fourth-order valence-corrected chi connectivity index (χ4v) is 1.94. The Balaban J connectivity index is 0.000000980. The van der Waals surface area contributed by atoms with Gasteiger partial charge in [-0.15, -0.1) is 11.3 Å². The average molecular weight is 238 g/mol. The second-order valence-electron chi connectivity index (χ2n) is 2.44. The first-order valence-corrected chi connectivity index (χ1v) is 4.65. The van der Waals surface area contributed by atoms with E-state index < -0.39 is 5.97 Å². The summed E-state index contributed by atoms with van der Waals surface area (Å²) in [6.45, 7) is 0. The minimum Gasteiger partial charge on any atom is -1.00 e. The average Bonchev–Trinajstić information content (AvgIpc) is 2.46. The van der Waals surface area contributed by atoms with Gasteiger partial charge in [0.05, 0.1) is 10.2 Å². The van der Waals surface area contributed by atoms with Crippen molar-refractivity contribution in [2.75, 3.05) is 0 Å². The van der Waals surface area contributed by atoms with E-state index in [4.69, 9.17) is 16.7 Å². The topological polar surface area (TPSA) is 50.2 Å². The molecule has 0 amide bonds. The molecule has 0 atom stereocenters. The molecule has 2 aromatic rings. The number of aromatic carboxylic acids is 1. The molecular formula is C8H5ClNNaO2S. The number of carbonyl (C=O) groups is 1. The molecule has 2 rings (SSSR count). The Morgan fingerprint density at radius 2 is 2.29 bits per heavy atom. The molecule has 1 N–H and O–H groups in total. The summed E-state index contributed by atoms with van der Waals surface area (Å²) in [6, 6.07) is 5.13. The molecule has 68 valence electrons. The summed E-state index contributed by atoms with van der Waals surface area (Å²) in [4.78, 5) is 14.5. The third-order valence-electron chi connectivity index (χ3n) is 1.53. The fourth-order valence-electron chi connectivity index (χ4n) is 0.992. The van der Waals surface area contributed by atoms with Crippen LogP contribution in [0.2, 0.25) is 5.02 Å². The van der Waals surface area contributed by atoms with Crippen LogP contribution in [0.15, 0.2) is 18.2 Å². The molecule has 0 bridgehead atoms. The summed E-state index contributed by atoms with van der Waals surface area (Å²) < 4.78 is 0.835. The molecule has 0 aliphatic carbocycles. The quantitative estimate of drug-likeness (QED) is 0.697. The zero-order valence-electron chi connectivity index (χ0n) is 8.32. The monoisotopic (exact) mass is 237 g/mol. The molecule has 3 nitrogen and oxygen atoms in total. The Morgan fingerprint density at radius 3 is 2.93 bits per heavy atom. The van der Waals surface area contributed by atoms with E-state index in [1.165, 1.54) is 0 Å². The number of fused-ring (bicyclic) bond motifs is 1. The Hall–Kier alpha value is -0.130. The van der Waals surface area contributed by atoms with E-state index >= 15 is 0 Å². The number of hydrogen-bond donors (Lipinski definition) is 1. The van der Waals surface area contributed by atoms with Gasteiger partial charge in [-0.2, -0.15) is 0 Å². The first-order chi connectivity index (χ1) is 6.16. The van der Waals surface area contributed by atoms with Gasteiger partial charge in [-0.3, -0.25) is 0 Å². The molecule has 14 heavy (non-hydrogen) atoms. The summed E-state index contributed by atoms with van der Waals surface area (Å²) in [5.74, 6) is -1.00. The van der Waals surface area contributed by atoms with Gasteiger partial charge in [-0.1, -0.05) is 11.6 Å². The predicted octanol–water partition coefficient (Wildman–Crippen LogP) is -0.236. The van der Waals surface area contributed by atoms with Gasteiger partial charge < -0.3 is 6.53 Å². The molecular weight excluding hydrogens is 233 g/mol. The standard InChI is InChI=1S/C8H4ClNO2S.Na.H/c9-4-1-2-6-5(3-4)10-7(13-6)8(11)12;;/h1-3H,(H,11,12);;/q;+1;-1. The third kappa shape index (κ3) is 2.27. The number of halogens is 1. The molecule has 1 aromatic carbocycles. The Kier molecular flexibility index (Phi) is 3.92. The van der Waals surface area contributed by atoms with Gasteiger partial charge in [0, 0.05) is 5.02 Å². The zero-order valence-corrected chi connectivity index (χ0v) is 10.9. The van der Waals surface area contributed by atoms with E-state index in [9.17, 15) is 4.79 Å². The van der Waals surface area contributed by atoms with Gasteiger partial charge >= 0.3 is 35.5 Å². The molecule has 0 unspecified atom stereocenters. The van der Waals surface area contributed by atoms with Crippen LogP contribution < -0.4 is 29.6 Å².